The molecule has 1 N–H and O–H groups in total. The molecule has 0 fully saturated rings. The first-order valence-corrected chi connectivity index (χ1v) is 9.04. The number of aromatic nitrogens is 3. The van der Waals surface area contributed by atoms with Crippen LogP contribution in [0.2, 0.25) is 0 Å². The molecule has 1 aliphatic rings. The number of aromatic amines is 1. The Morgan fingerprint density at radius 3 is 2.88 bits per heavy atom. The van der Waals surface area contributed by atoms with Crippen molar-refractivity contribution in [2.24, 2.45) is 0 Å². The Kier molecular flexibility index (Phi) is 3.88. The molecule has 0 radical (unpaired) electrons. The molecule has 0 amide bonds. The Morgan fingerprint density at radius 2 is 2.08 bits per heavy atom. The number of benzene rings is 1. The van der Waals surface area contributed by atoms with Crippen LogP contribution in [0.4, 0.5) is 0 Å². The van der Waals surface area contributed by atoms with Crippen LogP contribution in [-0.4, -0.2) is 26.4 Å². The van der Waals surface area contributed by atoms with E-state index in [1.807, 2.05) is 6.20 Å². The second-order valence-corrected chi connectivity index (χ2v) is 8.24. The Labute approximate surface area is 149 Å². The summed E-state index contributed by atoms with van der Waals surface area (Å²) in [6.07, 6.45) is 5.19. The van der Waals surface area contributed by atoms with Gasteiger partial charge in [0.1, 0.15) is 5.82 Å². The van der Waals surface area contributed by atoms with Gasteiger partial charge in [0.15, 0.2) is 0 Å². The van der Waals surface area contributed by atoms with Gasteiger partial charge in [0, 0.05) is 66.0 Å². The number of hydrogen-bond donors (Lipinski definition) is 1. The number of nitrogens with zero attached hydrogens (tertiary/aromatic N) is 3. The first-order chi connectivity index (χ1) is 11.9. The van der Waals surface area contributed by atoms with Gasteiger partial charge in [-0.3, -0.25) is 4.90 Å². The van der Waals surface area contributed by atoms with E-state index in [9.17, 15) is 0 Å². The van der Waals surface area contributed by atoms with Gasteiger partial charge >= 0.3 is 0 Å². The number of rotatable bonds is 2. The summed E-state index contributed by atoms with van der Waals surface area (Å²) in [6, 6.07) is 6.60. The third-order valence-corrected chi connectivity index (χ3v) is 5.00. The molecule has 4 heteroatoms. The molecule has 0 atom stereocenters. The van der Waals surface area contributed by atoms with Crippen LogP contribution in [0.25, 0.3) is 10.9 Å². The first kappa shape index (κ1) is 16.3. The molecule has 4 rings (SSSR count). The molecule has 0 bridgehead atoms. The minimum Gasteiger partial charge on any atom is -0.361 e. The molecule has 0 saturated heterocycles. The molecule has 130 valence electrons. The third-order valence-electron chi connectivity index (χ3n) is 5.00. The fourth-order valence-corrected chi connectivity index (χ4v) is 3.53. The summed E-state index contributed by atoms with van der Waals surface area (Å²) in [5.41, 5.74) is 6.40. The zero-order chi connectivity index (χ0) is 17.6. The number of H-pyrrole nitrogens is 1. The molecule has 3 aromatic rings. The van der Waals surface area contributed by atoms with E-state index in [0.717, 1.165) is 31.9 Å². The molecule has 3 heterocycles. The van der Waals surface area contributed by atoms with E-state index in [4.69, 9.17) is 4.98 Å². The van der Waals surface area contributed by atoms with Gasteiger partial charge in [-0.1, -0.05) is 32.4 Å². The van der Waals surface area contributed by atoms with Gasteiger partial charge in [-0.2, -0.15) is 0 Å². The average molecular weight is 334 g/mol. The topological polar surface area (TPSA) is 44.8 Å². The Morgan fingerprint density at radius 1 is 1.24 bits per heavy atom. The van der Waals surface area contributed by atoms with Crippen molar-refractivity contribution in [1.29, 1.82) is 0 Å². The van der Waals surface area contributed by atoms with Crippen molar-refractivity contribution in [3.05, 3.63) is 58.8 Å². The molecule has 0 spiro atoms. The smallest absolute Gasteiger partial charge is 0.133 e. The van der Waals surface area contributed by atoms with E-state index in [0.29, 0.717) is 0 Å². The highest BCUT2D eigenvalue weighted by atomic mass is 15.1. The van der Waals surface area contributed by atoms with Crippen LogP contribution >= 0.6 is 0 Å². The third kappa shape index (κ3) is 3.19. The van der Waals surface area contributed by atoms with Crippen LogP contribution < -0.4 is 0 Å². The summed E-state index contributed by atoms with van der Waals surface area (Å²) in [4.78, 5) is 15.3. The lowest BCUT2D eigenvalue weighted by Crippen LogP contribution is -2.31. The van der Waals surface area contributed by atoms with Gasteiger partial charge in [-0.15, -0.1) is 0 Å². The van der Waals surface area contributed by atoms with Crippen molar-refractivity contribution >= 4 is 10.9 Å². The highest BCUT2D eigenvalue weighted by Gasteiger charge is 2.23. The zero-order valence-electron chi connectivity index (χ0n) is 15.6. The lowest BCUT2D eigenvalue weighted by atomic mass is 9.95. The number of fused-ring (bicyclic) bond motifs is 2. The van der Waals surface area contributed by atoms with Crippen LogP contribution in [0.1, 0.15) is 49.0 Å². The number of nitrogens with one attached hydrogen (secondary N) is 1. The van der Waals surface area contributed by atoms with E-state index in [1.165, 1.54) is 33.3 Å². The summed E-state index contributed by atoms with van der Waals surface area (Å²) in [7, 11) is 0. The normalized spacial score (nSPS) is 15.5. The molecule has 0 aliphatic carbocycles. The van der Waals surface area contributed by atoms with Crippen LogP contribution in [0, 0.1) is 6.92 Å². The maximum Gasteiger partial charge on any atom is 0.133 e. The summed E-state index contributed by atoms with van der Waals surface area (Å²) in [6.45, 7) is 11.6. The van der Waals surface area contributed by atoms with Gasteiger partial charge in [-0.05, 0) is 24.6 Å². The maximum atomic E-state index is 4.83. The molecule has 0 saturated carbocycles. The SMILES string of the molecule is Cc1ccc2[nH]cc(CN3CCc4nc(C(C)(C)C)ncc4C3)c2c1. The molecular formula is C21H26N4. The van der Waals surface area contributed by atoms with Gasteiger partial charge in [0.05, 0.1) is 0 Å². The second kappa shape index (κ2) is 5.95. The Bertz CT molecular complexity index is 917. The second-order valence-electron chi connectivity index (χ2n) is 8.24. The molecule has 2 aromatic heterocycles. The molecule has 1 aliphatic heterocycles. The van der Waals surface area contributed by atoms with Gasteiger partial charge < -0.3 is 4.98 Å². The average Bonchev–Trinajstić information content (AvgIpc) is 2.95. The first-order valence-electron chi connectivity index (χ1n) is 9.04. The summed E-state index contributed by atoms with van der Waals surface area (Å²) in [5, 5.41) is 1.34. The highest BCUT2D eigenvalue weighted by Crippen LogP contribution is 2.25. The summed E-state index contributed by atoms with van der Waals surface area (Å²) < 4.78 is 0. The minimum absolute atomic E-state index is 0.00800. The predicted molar refractivity (Wildman–Crippen MR) is 102 cm³/mol. The molecule has 1 aromatic carbocycles. The van der Waals surface area contributed by atoms with Crippen molar-refractivity contribution in [3.63, 3.8) is 0 Å². The fourth-order valence-electron chi connectivity index (χ4n) is 3.53. The van der Waals surface area contributed by atoms with Crippen LogP contribution in [-0.2, 0) is 24.9 Å². The number of hydrogen-bond acceptors (Lipinski definition) is 3. The lowest BCUT2D eigenvalue weighted by molar-refractivity contribution is 0.243. The fraction of sp³-hybridized carbons (Fsp3) is 0.429. The van der Waals surface area contributed by atoms with Gasteiger partial charge in [-0.25, -0.2) is 9.97 Å². The van der Waals surface area contributed by atoms with Crippen LogP contribution in [0.3, 0.4) is 0 Å². The summed E-state index contributed by atoms with van der Waals surface area (Å²) in [5.74, 6) is 0.951. The van der Waals surface area contributed by atoms with Crippen molar-refractivity contribution < 1.29 is 0 Å². The van der Waals surface area contributed by atoms with E-state index in [1.54, 1.807) is 0 Å². The largest absolute Gasteiger partial charge is 0.361 e. The van der Waals surface area contributed by atoms with Crippen LogP contribution in [0.5, 0.6) is 0 Å². The van der Waals surface area contributed by atoms with E-state index >= 15 is 0 Å². The predicted octanol–water partition coefficient (Wildman–Crippen LogP) is 4.12. The Balaban J connectivity index is 1.55. The summed E-state index contributed by atoms with van der Waals surface area (Å²) >= 11 is 0. The molecule has 0 unspecified atom stereocenters. The van der Waals surface area contributed by atoms with Gasteiger partial charge in [0.25, 0.3) is 0 Å². The molecule has 4 nitrogen and oxygen atoms in total. The maximum absolute atomic E-state index is 4.83. The standard InChI is InChI=1S/C21H26N4/c1-14-5-6-19-17(9-14)15(10-22-19)12-25-8-7-18-16(13-25)11-23-20(24-18)21(2,3)4/h5-6,9-11,22H,7-8,12-13H2,1-4H3. The zero-order valence-corrected chi connectivity index (χ0v) is 15.6. The quantitative estimate of drug-likeness (QED) is 0.766. The van der Waals surface area contributed by atoms with E-state index in [2.05, 4.69) is 67.0 Å². The van der Waals surface area contributed by atoms with Crippen LogP contribution in [0.15, 0.2) is 30.6 Å². The minimum atomic E-state index is 0.00800. The Hall–Kier alpha value is -2.20. The van der Waals surface area contributed by atoms with Gasteiger partial charge in [0.2, 0.25) is 0 Å². The van der Waals surface area contributed by atoms with Crippen molar-refractivity contribution in [2.75, 3.05) is 6.54 Å². The van der Waals surface area contributed by atoms with Crippen molar-refractivity contribution in [2.45, 2.75) is 52.6 Å². The van der Waals surface area contributed by atoms with E-state index in [-0.39, 0.29) is 5.41 Å². The lowest BCUT2D eigenvalue weighted by Gasteiger charge is -2.29. The molecule has 25 heavy (non-hydrogen) atoms. The monoisotopic (exact) mass is 334 g/mol. The number of aryl methyl sites for hydroxylation is 1. The molecular weight excluding hydrogens is 308 g/mol. The highest BCUT2D eigenvalue weighted by molar-refractivity contribution is 5.83. The van der Waals surface area contributed by atoms with Crippen molar-refractivity contribution in [1.82, 2.24) is 19.9 Å². The van der Waals surface area contributed by atoms with E-state index < -0.39 is 0 Å². The van der Waals surface area contributed by atoms with Crippen molar-refractivity contribution in [3.8, 4) is 0 Å².